The monoisotopic (exact) mass is 836 g/mol. The quantitative estimate of drug-likeness (QED) is 0.148. The Bertz CT molecular complexity index is 3830. The molecular formula is C64H40N2. The van der Waals surface area contributed by atoms with Crippen LogP contribution in [0.3, 0.4) is 0 Å². The third-order valence-electron chi connectivity index (χ3n) is 14.0. The lowest BCUT2D eigenvalue weighted by Crippen LogP contribution is -1.92. The zero-order chi connectivity index (χ0) is 43.3. The second-order valence-electron chi connectivity index (χ2n) is 17.7. The van der Waals surface area contributed by atoms with Gasteiger partial charge in [0, 0.05) is 32.9 Å². The van der Waals surface area contributed by atoms with Gasteiger partial charge in [-0.05, 0) is 162 Å². The van der Waals surface area contributed by atoms with Gasteiger partial charge >= 0.3 is 0 Å². The molecule has 14 rings (SSSR count). The molecule has 2 nitrogen and oxygen atoms in total. The van der Waals surface area contributed by atoms with Crippen molar-refractivity contribution >= 4 is 75.9 Å². The molecule has 12 aromatic carbocycles. The highest BCUT2D eigenvalue weighted by Crippen LogP contribution is 2.42. The number of aromatic nitrogens is 2. The van der Waals surface area contributed by atoms with Crippen LogP contribution in [0.4, 0.5) is 0 Å². The fourth-order valence-electron chi connectivity index (χ4n) is 10.9. The lowest BCUT2D eigenvalue weighted by Gasteiger charge is -2.15. The van der Waals surface area contributed by atoms with E-state index in [1.165, 1.54) is 132 Å². The van der Waals surface area contributed by atoms with Crippen LogP contribution in [0.15, 0.2) is 243 Å². The number of nitrogens with zero attached hydrogens (tertiary/aromatic N) is 2. The van der Waals surface area contributed by atoms with Crippen LogP contribution < -0.4 is 0 Å². The number of hydrogen-bond donors (Lipinski definition) is 0. The van der Waals surface area contributed by atoms with Crippen molar-refractivity contribution in [1.29, 1.82) is 0 Å². The second-order valence-corrected chi connectivity index (χ2v) is 17.7. The largest absolute Gasteiger partial charge is 0.309 e. The van der Waals surface area contributed by atoms with Crippen LogP contribution in [-0.4, -0.2) is 9.13 Å². The predicted molar refractivity (Wildman–Crippen MR) is 281 cm³/mol. The third kappa shape index (κ3) is 5.68. The highest BCUT2D eigenvalue weighted by atomic mass is 15.0. The van der Waals surface area contributed by atoms with Gasteiger partial charge in [0.1, 0.15) is 0 Å². The minimum Gasteiger partial charge on any atom is -0.309 e. The molecule has 66 heavy (non-hydrogen) atoms. The minimum absolute atomic E-state index is 1.18. The van der Waals surface area contributed by atoms with Crippen molar-refractivity contribution in [2.24, 2.45) is 0 Å². The van der Waals surface area contributed by atoms with Gasteiger partial charge in [-0.1, -0.05) is 158 Å². The van der Waals surface area contributed by atoms with Gasteiger partial charge in [0.15, 0.2) is 0 Å². The average Bonchev–Trinajstić information content (AvgIpc) is 3.90. The van der Waals surface area contributed by atoms with Gasteiger partial charge in [-0.25, -0.2) is 0 Å². The number of hydrogen-bond acceptors (Lipinski definition) is 0. The van der Waals surface area contributed by atoms with Crippen molar-refractivity contribution < 1.29 is 0 Å². The first kappa shape index (κ1) is 36.7. The van der Waals surface area contributed by atoms with E-state index in [0.717, 1.165) is 0 Å². The lowest BCUT2D eigenvalue weighted by molar-refractivity contribution is 1.18. The molecule has 0 radical (unpaired) electrons. The highest BCUT2D eigenvalue weighted by Gasteiger charge is 2.17. The summed E-state index contributed by atoms with van der Waals surface area (Å²) in [6, 6.07) is 89.4. The van der Waals surface area contributed by atoms with Crippen LogP contribution in [0, 0.1) is 0 Å². The molecule has 0 N–H and O–H groups in total. The maximum absolute atomic E-state index is 2.37. The van der Waals surface area contributed by atoms with Gasteiger partial charge < -0.3 is 9.13 Å². The lowest BCUT2D eigenvalue weighted by atomic mass is 9.89. The Hall–Kier alpha value is -8.72. The first-order valence-electron chi connectivity index (χ1n) is 22.8. The van der Waals surface area contributed by atoms with E-state index in [1.807, 2.05) is 0 Å². The summed E-state index contributed by atoms with van der Waals surface area (Å²) in [5.74, 6) is 0. The van der Waals surface area contributed by atoms with E-state index >= 15 is 0 Å². The molecule has 0 aliphatic carbocycles. The maximum atomic E-state index is 2.37. The maximum Gasteiger partial charge on any atom is 0.0541 e. The number of benzene rings is 12. The topological polar surface area (TPSA) is 9.86 Å². The van der Waals surface area contributed by atoms with Gasteiger partial charge in [0.25, 0.3) is 0 Å². The average molecular weight is 837 g/mol. The van der Waals surface area contributed by atoms with E-state index < -0.39 is 0 Å². The molecule has 0 atom stereocenters. The van der Waals surface area contributed by atoms with Gasteiger partial charge in [-0.15, -0.1) is 0 Å². The van der Waals surface area contributed by atoms with Crippen molar-refractivity contribution in [3.63, 3.8) is 0 Å². The van der Waals surface area contributed by atoms with E-state index in [0.29, 0.717) is 0 Å². The second kappa shape index (κ2) is 14.4. The zero-order valence-electron chi connectivity index (χ0n) is 36.0. The van der Waals surface area contributed by atoms with Crippen molar-refractivity contribution in [2.45, 2.75) is 0 Å². The van der Waals surface area contributed by atoms with E-state index in [4.69, 9.17) is 0 Å². The standard InChI is InChI=1S/C64H40N2/c1-3-11-53(12-4-1)65-59-17-9-7-15-55(59)57-39-45(31-33-61(57)65)41-19-23-43(24-20-41)51-35-47-27-29-49-37-52(38-50-30-28-48(36-51)63(47)64(49)50)44-25-21-42(22-26-44)46-32-34-62-58(40-46)56-16-8-10-18-60(56)66(62)54-13-5-2-6-14-54/h1-40H. The summed E-state index contributed by atoms with van der Waals surface area (Å²) in [7, 11) is 0. The summed E-state index contributed by atoms with van der Waals surface area (Å²) < 4.78 is 4.74. The summed E-state index contributed by atoms with van der Waals surface area (Å²) in [5.41, 5.74) is 17.0. The third-order valence-corrected chi connectivity index (χ3v) is 14.0. The Morgan fingerprint density at radius 1 is 0.197 bits per heavy atom. The molecule has 2 heteroatoms. The summed E-state index contributed by atoms with van der Waals surface area (Å²) in [6.45, 7) is 0. The summed E-state index contributed by atoms with van der Waals surface area (Å²) in [4.78, 5) is 0. The van der Waals surface area contributed by atoms with Gasteiger partial charge in [0.2, 0.25) is 0 Å². The number of para-hydroxylation sites is 4. The molecular weight excluding hydrogens is 797 g/mol. The van der Waals surface area contributed by atoms with Crippen LogP contribution in [0.1, 0.15) is 0 Å². The van der Waals surface area contributed by atoms with E-state index in [2.05, 4.69) is 252 Å². The molecule has 0 fully saturated rings. The first-order chi connectivity index (χ1) is 32.7. The molecule has 0 spiro atoms. The van der Waals surface area contributed by atoms with Crippen LogP contribution in [0.2, 0.25) is 0 Å². The first-order valence-corrected chi connectivity index (χ1v) is 22.8. The number of fused-ring (bicyclic) bond motifs is 6. The molecule has 0 amide bonds. The predicted octanol–water partition coefficient (Wildman–Crippen LogP) is 17.4. The zero-order valence-corrected chi connectivity index (χ0v) is 36.0. The molecule has 306 valence electrons. The molecule has 0 bridgehead atoms. The van der Waals surface area contributed by atoms with E-state index in [-0.39, 0.29) is 0 Å². The summed E-state index contributed by atoms with van der Waals surface area (Å²) >= 11 is 0. The highest BCUT2D eigenvalue weighted by molar-refractivity contribution is 6.24. The molecule has 0 saturated carbocycles. The van der Waals surface area contributed by atoms with E-state index in [9.17, 15) is 0 Å². The Labute approximate surface area is 381 Å². The van der Waals surface area contributed by atoms with Crippen molar-refractivity contribution in [1.82, 2.24) is 9.13 Å². The Morgan fingerprint density at radius 3 is 0.879 bits per heavy atom. The van der Waals surface area contributed by atoms with Crippen molar-refractivity contribution in [3.05, 3.63) is 243 Å². The van der Waals surface area contributed by atoms with Gasteiger partial charge in [-0.3, -0.25) is 0 Å². The van der Waals surface area contributed by atoms with Crippen LogP contribution in [-0.2, 0) is 0 Å². The summed E-state index contributed by atoms with van der Waals surface area (Å²) in [6.07, 6.45) is 0. The molecule has 2 aromatic heterocycles. The van der Waals surface area contributed by atoms with Crippen molar-refractivity contribution in [2.75, 3.05) is 0 Å². The van der Waals surface area contributed by atoms with Crippen LogP contribution in [0.5, 0.6) is 0 Å². The fraction of sp³-hybridized carbons (Fsp3) is 0. The Morgan fingerprint density at radius 2 is 0.500 bits per heavy atom. The smallest absolute Gasteiger partial charge is 0.0541 e. The molecule has 0 aliphatic heterocycles. The fourth-order valence-corrected chi connectivity index (χ4v) is 10.9. The molecule has 0 aliphatic rings. The molecule has 2 heterocycles. The molecule has 0 saturated heterocycles. The SMILES string of the molecule is c1ccc(-n2c3ccccc3c3cc(-c4ccc(-c5cc6ccc7cc(-c8ccc(-c9ccc%10c(c9)c9ccccc9n%10-c9ccccc9)cc8)cc8ccc(c5)c6c78)cc4)ccc32)cc1. The Balaban J connectivity index is 0.770. The normalized spacial score (nSPS) is 11.9. The van der Waals surface area contributed by atoms with Crippen LogP contribution in [0.25, 0.3) is 132 Å². The molecule has 0 unspecified atom stereocenters. The van der Waals surface area contributed by atoms with Crippen LogP contribution >= 0.6 is 0 Å². The molecule has 14 aromatic rings. The van der Waals surface area contributed by atoms with Gasteiger partial charge in [0.05, 0.1) is 22.1 Å². The Kier molecular flexibility index (Phi) is 8.02. The van der Waals surface area contributed by atoms with Gasteiger partial charge in [-0.2, -0.15) is 0 Å². The van der Waals surface area contributed by atoms with Crippen molar-refractivity contribution in [3.8, 4) is 55.9 Å². The summed E-state index contributed by atoms with van der Waals surface area (Å²) in [5, 5.41) is 12.8. The number of rotatable bonds is 6. The van der Waals surface area contributed by atoms with E-state index in [1.54, 1.807) is 0 Å². The minimum atomic E-state index is 1.18.